The second-order valence-electron chi connectivity index (χ2n) is 4.02. The minimum absolute atomic E-state index is 0.00852. The molecule has 0 radical (unpaired) electrons. The fraction of sp³-hybridized carbons (Fsp3) is 0.231. The highest BCUT2D eigenvalue weighted by Gasteiger charge is 2.25. The van der Waals surface area contributed by atoms with Crippen LogP contribution < -0.4 is 10.4 Å². The molecule has 0 saturated carbocycles. The molecule has 1 N–H and O–H groups in total. The fourth-order valence-electron chi connectivity index (χ4n) is 1.71. The van der Waals surface area contributed by atoms with E-state index in [0.29, 0.717) is 11.3 Å². The number of hydrogen-bond acceptors (Lipinski definition) is 4. The van der Waals surface area contributed by atoms with Crippen LogP contribution >= 0.6 is 11.6 Å². The third-order valence-electron chi connectivity index (χ3n) is 2.64. The van der Waals surface area contributed by atoms with Crippen LogP contribution in [0.25, 0.3) is 0 Å². The summed E-state index contributed by atoms with van der Waals surface area (Å²) in [6.45, 7) is 1.97. The summed E-state index contributed by atoms with van der Waals surface area (Å²) in [7, 11) is 0. The van der Waals surface area contributed by atoms with Crippen molar-refractivity contribution >= 4 is 29.2 Å². The minimum Gasteiger partial charge on any atom is -0.462 e. The van der Waals surface area contributed by atoms with E-state index >= 15 is 0 Å². The van der Waals surface area contributed by atoms with Crippen LogP contribution in [0.4, 0.5) is 10.1 Å². The van der Waals surface area contributed by atoms with E-state index < -0.39 is 17.7 Å². The van der Waals surface area contributed by atoms with Crippen molar-refractivity contribution in [3.63, 3.8) is 0 Å². The van der Waals surface area contributed by atoms with Crippen molar-refractivity contribution in [2.24, 2.45) is 0 Å². The number of benzene rings is 1. The van der Waals surface area contributed by atoms with Crippen molar-refractivity contribution < 1.29 is 18.7 Å². The molecule has 0 aromatic heterocycles. The number of carbonyl (C=O) groups is 2. The molecular formula is C13H12ClFN2O3. The van der Waals surface area contributed by atoms with Crippen molar-refractivity contribution in [3.05, 3.63) is 40.7 Å². The van der Waals surface area contributed by atoms with Crippen molar-refractivity contribution in [2.45, 2.75) is 6.92 Å². The summed E-state index contributed by atoms with van der Waals surface area (Å²) in [5.41, 5.74) is 3.18. The van der Waals surface area contributed by atoms with Gasteiger partial charge in [0.1, 0.15) is 0 Å². The van der Waals surface area contributed by atoms with Crippen LogP contribution in [0.3, 0.4) is 0 Å². The monoisotopic (exact) mass is 298 g/mol. The minimum atomic E-state index is -0.996. The molecule has 0 bridgehead atoms. The highest BCUT2D eigenvalue weighted by atomic mass is 35.5. The number of hydrogen-bond donors (Lipinski definition) is 1. The predicted molar refractivity (Wildman–Crippen MR) is 71.9 cm³/mol. The lowest BCUT2D eigenvalue weighted by Crippen LogP contribution is -2.47. The molecule has 1 aliphatic heterocycles. The standard InChI is InChI=1S/C13H12ClFN2O3/c1-2-20-13(19)8-4-3-5-9(6-8)17-7-10(14)11(15)12(18)16-17/h3-6H,2,7H2,1H3,(H,16,18). The van der Waals surface area contributed by atoms with Gasteiger partial charge in [0, 0.05) is 0 Å². The maximum atomic E-state index is 13.2. The first-order valence-electron chi connectivity index (χ1n) is 5.92. The lowest BCUT2D eigenvalue weighted by atomic mass is 10.2. The molecule has 2 rings (SSSR count). The van der Waals surface area contributed by atoms with Gasteiger partial charge in [-0.05, 0) is 25.1 Å². The van der Waals surface area contributed by atoms with Crippen molar-refractivity contribution in [1.29, 1.82) is 0 Å². The Morgan fingerprint density at radius 3 is 2.95 bits per heavy atom. The molecule has 0 aliphatic carbocycles. The third kappa shape index (κ3) is 2.91. The van der Waals surface area contributed by atoms with Gasteiger partial charge in [0.2, 0.25) is 5.83 Å². The molecular weight excluding hydrogens is 287 g/mol. The van der Waals surface area contributed by atoms with E-state index in [1.54, 1.807) is 25.1 Å². The van der Waals surface area contributed by atoms with Gasteiger partial charge in [0.15, 0.2) is 0 Å². The van der Waals surface area contributed by atoms with E-state index in [9.17, 15) is 14.0 Å². The molecule has 1 amide bonds. The Morgan fingerprint density at radius 2 is 2.30 bits per heavy atom. The van der Waals surface area contributed by atoms with Crippen molar-refractivity contribution in [1.82, 2.24) is 5.43 Å². The van der Waals surface area contributed by atoms with Crippen LogP contribution in [0.2, 0.25) is 0 Å². The van der Waals surface area contributed by atoms with E-state index in [2.05, 4.69) is 5.43 Å². The quantitative estimate of drug-likeness (QED) is 0.869. The maximum absolute atomic E-state index is 13.2. The highest BCUT2D eigenvalue weighted by molar-refractivity contribution is 6.32. The molecule has 0 saturated heterocycles. The first-order chi connectivity index (χ1) is 9.52. The number of halogens is 2. The predicted octanol–water partition coefficient (Wildman–Crippen LogP) is 2.13. The second-order valence-corrected chi connectivity index (χ2v) is 4.47. The average molecular weight is 299 g/mol. The lowest BCUT2D eigenvalue weighted by Gasteiger charge is -2.28. The van der Waals surface area contributed by atoms with Crippen LogP contribution in [-0.4, -0.2) is 25.0 Å². The molecule has 0 unspecified atom stereocenters. The van der Waals surface area contributed by atoms with Crippen molar-refractivity contribution in [3.8, 4) is 0 Å². The van der Waals surface area contributed by atoms with Crippen LogP contribution in [0, 0.1) is 0 Å². The van der Waals surface area contributed by atoms with Crippen LogP contribution in [0.5, 0.6) is 0 Å². The number of amides is 1. The van der Waals surface area contributed by atoms with E-state index in [1.165, 1.54) is 11.1 Å². The Bertz CT molecular complexity index is 589. The number of nitrogens with one attached hydrogen (secondary N) is 1. The first kappa shape index (κ1) is 14.3. The molecule has 7 heteroatoms. The zero-order chi connectivity index (χ0) is 14.7. The Labute approximate surface area is 119 Å². The van der Waals surface area contributed by atoms with E-state index in [0.717, 1.165) is 0 Å². The van der Waals surface area contributed by atoms with Gasteiger partial charge >= 0.3 is 5.97 Å². The number of ether oxygens (including phenoxy) is 1. The van der Waals surface area contributed by atoms with Crippen LogP contribution in [0.1, 0.15) is 17.3 Å². The van der Waals surface area contributed by atoms with E-state index in [1.807, 2.05) is 0 Å². The summed E-state index contributed by atoms with van der Waals surface area (Å²) in [4.78, 5) is 23.0. The second kappa shape index (κ2) is 5.92. The highest BCUT2D eigenvalue weighted by Crippen LogP contribution is 2.23. The SMILES string of the molecule is CCOC(=O)c1cccc(N2CC(Cl)=C(F)C(=O)N2)c1. The summed E-state index contributed by atoms with van der Waals surface area (Å²) < 4.78 is 18.1. The Hall–Kier alpha value is -2.08. The summed E-state index contributed by atoms with van der Waals surface area (Å²) in [5.74, 6) is -2.38. The van der Waals surface area contributed by atoms with Gasteiger partial charge in [-0.15, -0.1) is 0 Å². The fourth-order valence-corrected chi connectivity index (χ4v) is 1.92. The molecule has 0 spiro atoms. The molecule has 0 fully saturated rings. The molecule has 1 aromatic carbocycles. The van der Waals surface area contributed by atoms with Gasteiger partial charge in [0.25, 0.3) is 5.91 Å². The Morgan fingerprint density at radius 1 is 1.55 bits per heavy atom. The van der Waals surface area contributed by atoms with Gasteiger partial charge in [0.05, 0.1) is 29.4 Å². The zero-order valence-electron chi connectivity index (χ0n) is 10.7. The summed E-state index contributed by atoms with van der Waals surface area (Å²) in [5, 5.41) is 1.17. The summed E-state index contributed by atoms with van der Waals surface area (Å²) in [6.07, 6.45) is 0. The van der Waals surface area contributed by atoms with Crippen molar-refractivity contribution in [2.75, 3.05) is 18.2 Å². The average Bonchev–Trinajstić information content (AvgIpc) is 2.44. The molecule has 1 heterocycles. The molecule has 5 nitrogen and oxygen atoms in total. The maximum Gasteiger partial charge on any atom is 0.338 e. The van der Waals surface area contributed by atoms with Crippen LogP contribution in [0.15, 0.2) is 35.1 Å². The first-order valence-corrected chi connectivity index (χ1v) is 6.30. The third-order valence-corrected chi connectivity index (χ3v) is 2.93. The van der Waals surface area contributed by atoms with Gasteiger partial charge in [-0.25, -0.2) is 4.79 Å². The van der Waals surface area contributed by atoms with Gasteiger partial charge in [-0.3, -0.25) is 15.2 Å². The normalized spacial score (nSPS) is 15.2. The largest absolute Gasteiger partial charge is 0.462 e. The summed E-state index contributed by atoms with van der Waals surface area (Å²) in [6, 6.07) is 6.42. The Balaban J connectivity index is 2.24. The summed E-state index contributed by atoms with van der Waals surface area (Å²) >= 11 is 5.67. The lowest BCUT2D eigenvalue weighted by molar-refractivity contribution is -0.119. The number of esters is 1. The number of hydrazine groups is 1. The zero-order valence-corrected chi connectivity index (χ0v) is 11.4. The number of carbonyl (C=O) groups excluding carboxylic acids is 2. The molecule has 1 aromatic rings. The van der Waals surface area contributed by atoms with E-state index in [-0.39, 0.29) is 18.2 Å². The molecule has 0 atom stereocenters. The van der Waals surface area contributed by atoms with E-state index in [4.69, 9.17) is 16.3 Å². The van der Waals surface area contributed by atoms with Crippen LogP contribution in [-0.2, 0) is 9.53 Å². The van der Waals surface area contributed by atoms with Gasteiger partial charge < -0.3 is 4.74 Å². The van der Waals surface area contributed by atoms with Gasteiger partial charge in [-0.2, -0.15) is 4.39 Å². The molecule has 1 aliphatic rings. The topological polar surface area (TPSA) is 58.6 Å². The molecule has 20 heavy (non-hydrogen) atoms. The van der Waals surface area contributed by atoms with Gasteiger partial charge in [-0.1, -0.05) is 17.7 Å². The Kier molecular flexibility index (Phi) is 4.24. The number of anilines is 1. The molecule has 106 valence electrons. The number of rotatable bonds is 3. The smallest absolute Gasteiger partial charge is 0.338 e. The number of nitrogens with zero attached hydrogens (tertiary/aromatic N) is 1.